The summed E-state index contributed by atoms with van der Waals surface area (Å²) in [7, 11) is 0. The topological polar surface area (TPSA) is 98.8 Å². The van der Waals surface area contributed by atoms with Gasteiger partial charge in [-0.15, -0.1) is 0 Å². The van der Waals surface area contributed by atoms with E-state index in [2.05, 4.69) is 10.6 Å². The van der Waals surface area contributed by atoms with Crippen molar-refractivity contribution in [2.45, 2.75) is 18.9 Å². The van der Waals surface area contributed by atoms with Gasteiger partial charge in [-0.05, 0) is 25.0 Å². The number of carbonyl (C=O) groups excluding carboxylic acids is 4. The largest absolute Gasteiger partial charge is 0.345 e. The van der Waals surface area contributed by atoms with Crippen LogP contribution >= 0.6 is 0 Å². The number of hydrogen-bond acceptors (Lipinski definition) is 4. The summed E-state index contributed by atoms with van der Waals surface area (Å²) in [6, 6.07) is 2.49. The van der Waals surface area contributed by atoms with E-state index in [0.29, 0.717) is 6.07 Å². The number of carbonyl (C=O) groups is 4. The molecule has 8 nitrogen and oxygen atoms in total. The van der Waals surface area contributed by atoms with E-state index in [4.69, 9.17) is 0 Å². The first kappa shape index (κ1) is 19.7. The Balaban J connectivity index is 1.44. The lowest BCUT2D eigenvalue weighted by molar-refractivity contribution is -0.148. The van der Waals surface area contributed by atoms with Crippen LogP contribution in [0.1, 0.15) is 23.2 Å². The number of nitrogens with zero attached hydrogens (tertiary/aromatic N) is 2. The Kier molecular flexibility index (Phi) is 5.86. The Bertz CT molecular complexity index is 785. The third kappa shape index (κ3) is 5.02. The van der Waals surface area contributed by atoms with E-state index in [1.54, 1.807) is 0 Å². The van der Waals surface area contributed by atoms with Crippen LogP contribution in [0.4, 0.5) is 8.78 Å². The minimum absolute atomic E-state index is 0.0921. The molecule has 0 radical (unpaired) electrons. The lowest BCUT2D eigenvalue weighted by atomic mass is 10.2. The van der Waals surface area contributed by atoms with Gasteiger partial charge in [0.05, 0.1) is 6.54 Å². The lowest BCUT2D eigenvalue weighted by Gasteiger charge is -2.34. The van der Waals surface area contributed by atoms with Gasteiger partial charge in [-0.1, -0.05) is 0 Å². The van der Waals surface area contributed by atoms with Gasteiger partial charge in [0.2, 0.25) is 5.91 Å². The number of benzene rings is 1. The summed E-state index contributed by atoms with van der Waals surface area (Å²) < 4.78 is 26.3. The first-order valence-corrected chi connectivity index (χ1v) is 8.95. The Morgan fingerprint density at radius 2 is 1.50 bits per heavy atom. The van der Waals surface area contributed by atoms with Gasteiger partial charge >= 0.3 is 11.8 Å². The van der Waals surface area contributed by atoms with Crippen LogP contribution in [0.5, 0.6) is 0 Å². The molecule has 28 heavy (non-hydrogen) atoms. The highest BCUT2D eigenvalue weighted by atomic mass is 19.1. The highest BCUT2D eigenvalue weighted by Gasteiger charge is 2.31. The molecule has 1 aromatic rings. The van der Waals surface area contributed by atoms with Gasteiger partial charge in [0.1, 0.15) is 11.6 Å². The summed E-state index contributed by atoms with van der Waals surface area (Å²) in [5.41, 5.74) is -0.220. The van der Waals surface area contributed by atoms with E-state index in [0.717, 1.165) is 25.0 Å². The van der Waals surface area contributed by atoms with Crippen molar-refractivity contribution >= 4 is 23.6 Å². The van der Waals surface area contributed by atoms with Crippen LogP contribution in [0.3, 0.4) is 0 Å². The number of halogens is 2. The van der Waals surface area contributed by atoms with Crippen LogP contribution in [0, 0.1) is 11.6 Å². The van der Waals surface area contributed by atoms with E-state index in [1.807, 2.05) is 0 Å². The van der Waals surface area contributed by atoms with E-state index in [1.165, 1.54) is 9.80 Å². The Labute approximate surface area is 159 Å². The summed E-state index contributed by atoms with van der Waals surface area (Å²) in [6.07, 6.45) is 1.77. The highest BCUT2D eigenvalue weighted by Crippen LogP contribution is 2.18. The molecule has 0 aromatic heterocycles. The van der Waals surface area contributed by atoms with Crippen molar-refractivity contribution in [1.82, 2.24) is 20.4 Å². The molecule has 1 aromatic carbocycles. The normalized spacial score (nSPS) is 16.5. The molecule has 2 N–H and O–H groups in total. The van der Waals surface area contributed by atoms with Crippen molar-refractivity contribution in [3.8, 4) is 0 Å². The number of amides is 4. The van der Waals surface area contributed by atoms with Crippen LogP contribution in [-0.2, 0) is 14.4 Å². The molecule has 0 atom stereocenters. The number of rotatable bonds is 4. The monoisotopic (exact) mass is 394 g/mol. The molecule has 3 rings (SSSR count). The van der Waals surface area contributed by atoms with Gasteiger partial charge in [0.25, 0.3) is 5.91 Å². The highest BCUT2D eigenvalue weighted by molar-refractivity contribution is 6.35. The van der Waals surface area contributed by atoms with Crippen molar-refractivity contribution in [2.24, 2.45) is 0 Å². The quantitative estimate of drug-likeness (QED) is 0.682. The maximum atomic E-state index is 13.2. The van der Waals surface area contributed by atoms with E-state index in [-0.39, 0.29) is 50.2 Å². The molecule has 1 aliphatic heterocycles. The molecule has 1 heterocycles. The Morgan fingerprint density at radius 1 is 0.929 bits per heavy atom. The second-order valence-corrected chi connectivity index (χ2v) is 6.76. The number of nitrogens with one attached hydrogen (secondary N) is 2. The van der Waals surface area contributed by atoms with Crippen molar-refractivity contribution in [2.75, 3.05) is 32.7 Å². The average Bonchev–Trinajstić information content (AvgIpc) is 3.48. The SMILES string of the molecule is O=C(NC1CC1)C(=O)N1CCN(C(=O)CNC(=O)c2cc(F)cc(F)c2)CC1. The zero-order valence-electron chi connectivity index (χ0n) is 15.0. The minimum Gasteiger partial charge on any atom is -0.345 e. The zero-order chi connectivity index (χ0) is 20.3. The molecule has 1 aliphatic carbocycles. The van der Waals surface area contributed by atoms with Crippen molar-refractivity contribution in [1.29, 1.82) is 0 Å². The molecule has 2 fully saturated rings. The Morgan fingerprint density at radius 3 is 2.07 bits per heavy atom. The van der Waals surface area contributed by atoms with Gasteiger partial charge in [-0.2, -0.15) is 0 Å². The van der Waals surface area contributed by atoms with Crippen LogP contribution in [0.15, 0.2) is 18.2 Å². The molecule has 0 spiro atoms. The first-order chi connectivity index (χ1) is 13.3. The smallest absolute Gasteiger partial charge is 0.312 e. The third-order valence-electron chi connectivity index (χ3n) is 4.55. The van der Waals surface area contributed by atoms with Crippen molar-refractivity contribution in [3.63, 3.8) is 0 Å². The molecule has 1 saturated heterocycles. The molecule has 10 heteroatoms. The average molecular weight is 394 g/mol. The fourth-order valence-electron chi connectivity index (χ4n) is 2.83. The summed E-state index contributed by atoms with van der Waals surface area (Å²) in [5.74, 6) is -4.17. The maximum absolute atomic E-state index is 13.2. The molecule has 4 amide bonds. The standard InChI is InChI=1S/C18H20F2N4O4/c19-12-7-11(8-13(20)9-12)16(26)21-10-15(25)23-3-5-24(6-4-23)18(28)17(27)22-14-1-2-14/h7-9,14H,1-6,10H2,(H,21,26)(H,22,27). The van der Waals surface area contributed by atoms with Crippen LogP contribution < -0.4 is 10.6 Å². The second kappa shape index (κ2) is 8.32. The number of piperazine rings is 1. The predicted molar refractivity (Wildman–Crippen MR) is 93.0 cm³/mol. The van der Waals surface area contributed by atoms with E-state index >= 15 is 0 Å². The summed E-state index contributed by atoms with van der Waals surface area (Å²) in [5, 5.41) is 4.95. The molecular weight excluding hydrogens is 374 g/mol. The van der Waals surface area contributed by atoms with Gasteiger partial charge in [0, 0.05) is 43.9 Å². The predicted octanol–water partition coefficient (Wildman–Crippen LogP) is -0.356. The van der Waals surface area contributed by atoms with E-state index < -0.39 is 29.4 Å². The minimum atomic E-state index is -0.886. The Hall–Kier alpha value is -3.04. The molecule has 0 unspecified atom stereocenters. The molecule has 2 aliphatic rings. The van der Waals surface area contributed by atoms with Crippen LogP contribution in [0.2, 0.25) is 0 Å². The van der Waals surface area contributed by atoms with Gasteiger partial charge in [-0.25, -0.2) is 8.78 Å². The lowest BCUT2D eigenvalue weighted by Crippen LogP contribution is -2.55. The molecule has 150 valence electrons. The summed E-state index contributed by atoms with van der Waals surface area (Å²) in [6.45, 7) is 0.544. The van der Waals surface area contributed by atoms with Gasteiger partial charge in [0.15, 0.2) is 0 Å². The van der Waals surface area contributed by atoms with Gasteiger partial charge < -0.3 is 20.4 Å². The third-order valence-corrected chi connectivity index (χ3v) is 4.55. The summed E-state index contributed by atoms with van der Waals surface area (Å²) >= 11 is 0. The zero-order valence-corrected chi connectivity index (χ0v) is 15.0. The second-order valence-electron chi connectivity index (χ2n) is 6.76. The van der Waals surface area contributed by atoms with Crippen LogP contribution in [0.25, 0.3) is 0 Å². The molecular formula is C18H20F2N4O4. The maximum Gasteiger partial charge on any atom is 0.312 e. The molecule has 1 saturated carbocycles. The van der Waals surface area contributed by atoms with Crippen LogP contribution in [-0.4, -0.2) is 72.2 Å². The van der Waals surface area contributed by atoms with E-state index in [9.17, 15) is 28.0 Å². The van der Waals surface area contributed by atoms with Crippen molar-refractivity contribution < 1.29 is 28.0 Å². The molecule has 0 bridgehead atoms. The summed E-state index contributed by atoms with van der Waals surface area (Å²) in [4.78, 5) is 50.8. The first-order valence-electron chi connectivity index (χ1n) is 8.95. The van der Waals surface area contributed by atoms with Crippen molar-refractivity contribution in [3.05, 3.63) is 35.4 Å². The fraction of sp³-hybridized carbons (Fsp3) is 0.444. The van der Waals surface area contributed by atoms with Gasteiger partial charge in [-0.3, -0.25) is 19.2 Å². The fourth-order valence-corrected chi connectivity index (χ4v) is 2.83. The number of hydrogen-bond donors (Lipinski definition) is 2.